The van der Waals surface area contributed by atoms with Crippen molar-refractivity contribution in [2.75, 3.05) is 10.6 Å². The maximum Gasteiger partial charge on any atom is 0.323 e. The summed E-state index contributed by atoms with van der Waals surface area (Å²) in [5.74, 6) is 0.362. The molecule has 1 unspecified atom stereocenters. The van der Waals surface area contributed by atoms with Gasteiger partial charge in [-0.1, -0.05) is 29.8 Å². The van der Waals surface area contributed by atoms with Gasteiger partial charge in [0, 0.05) is 17.0 Å². The summed E-state index contributed by atoms with van der Waals surface area (Å²) in [5, 5.41) is 14.7. The summed E-state index contributed by atoms with van der Waals surface area (Å²) in [7, 11) is 0. The predicted octanol–water partition coefficient (Wildman–Crippen LogP) is 3.53. The Balaban J connectivity index is 1.56. The molecular weight excluding hydrogens is 392 g/mol. The molecule has 1 atom stereocenters. The number of hydrogen-bond acceptors (Lipinski definition) is 6. The number of anilines is 2. The average molecular weight is 409 g/mol. The van der Waals surface area contributed by atoms with Gasteiger partial charge in [0.05, 0.1) is 46.7 Å². The van der Waals surface area contributed by atoms with Crippen LogP contribution in [0.25, 0.3) is 16.7 Å². The lowest BCUT2D eigenvalue weighted by molar-refractivity contribution is 0.262. The van der Waals surface area contributed by atoms with Crippen LogP contribution in [0.1, 0.15) is 18.5 Å². The van der Waals surface area contributed by atoms with Crippen molar-refractivity contribution in [1.82, 2.24) is 25.0 Å². The molecule has 0 aliphatic carbocycles. The summed E-state index contributed by atoms with van der Waals surface area (Å²) in [5.41, 5.74) is 8.72. The molecule has 0 saturated heterocycles. The molecule has 0 spiro atoms. The second-order valence-electron chi connectivity index (χ2n) is 6.32. The number of fused-ring (bicyclic) bond motifs is 1. The van der Waals surface area contributed by atoms with Crippen molar-refractivity contribution in [2.45, 2.75) is 13.0 Å². The fourth-order valence-corrected chi connectivity index (χ4v) is 3.25. The maximum absolute atomic E-state index is 12.5. The Morgan fingerprint density at radius 3 is 2.62 bits per heavy atom. The maximum atomic E-state index is 12.5. The number of para-hydroxylation sites is 1. The minimum Gasteiger partial charge on any atom is -0.324 e. The molecule has 3 heterocycles. The smallest absolute Gasteiger partial charge is 0.323 e. The van der Waals surface area contributed by atoms with Crippen molar-refractivity contribution < 1.29 is 4.79 Å². The summed E-state index contributed by atoms with van der Waals surface area (Å²) in [6.07, 6.45) is 6.10. The molecule has 9 nitrogen and oxygen atoms in total. The number of aromatic nitrogens is 5. The van der Waals surface area contributed by atoms with Crippen molar-refractivity contribution in [3.8, 4) is 5.82 Å². The van der Waals surface area contributed by atoms with Gasteiger partial charge in [-0.2, -0.15) is 10.2 Å². The van der Waals surface area contributed by atoms with Crippen molar-refractivity contribution in [3.05, 3.63) is 65.7 Å². The van der Waals surface area contributed by atoms with E-state index in [-0.39, 0.29) is 6.04 Å². The molecule has 146 valence electrons. The third-order valence-electron chi connectivity index (χ3n) is 4.21. The van der Waals surface area contributed by atoms with Gasteiger partial charge in [0.1, 0.15) is 0 Å². The zero-order chi connectivity index (χ0) is 20.4. The number of urea groups is 1. The van der Waals surface area contributed by atoms with Crippen LogP contribution in [-0.4, -0.2) is 31.0 Å². The molecule has 0 fully saturated rings. The molecule has 0 aliphatic heterocycles. The van der Waals surface area contributed by atoms with E-state index in [9.17, 15) is 4.79 Å². The van der Waals surface area contributed by atoms with Crippen LogP contribution in [0, 0.1) is 0 Å². The predicted molar refractivity (Wildman–Crippen MR) is 111 cm³/mol. The van der Waals surface area contributed by atoms with Gasteiger partial charge in [0.2, 0.25) is 0 Å². The van der Waals surface area contributed by atoms with Gasteiger partial charge in [-0.3, -0.25) is 4.98 Å². The van der Waals surface area contributed by atoms with Gasteiger partial charge in [-0.25, -0.2) is 9.78 Å². The first kappa shape index (κ1) is 18.8. The Bertz CT molecular complexity index is 1180. The number of nitrogens with two attached hydrogens (primary N) is 1. The molecule has 3 aromatic heterocycles. The number of carbonyl (C=O) groups is 1. The molecule has 1 aromatic carbocycles. The van der Waals surface area contributed by atoms with Gasteiger partial charge in [0.15, 0.2) is 5.82 Å². The van der Waals surface area contributed by atoms with E-state index in [0.29, 0.717) is 22.2 Å². The Kier molecular flexibility index (Phi) is 5.07. The van der Waals surface area contributed by atoms with E-state index >= 15 is 0 Å². The third-order valence-corrected chi connectivity index (χ3v) is 4.49. The summed E-state index contributed by atoms with van der Waals surface area (Å²) >= 11 is 6.24. The second-order valence-corrected chi connectivity index (χ2v) is 6.73. The van der Waals surface area contributed by atoms with Crippen LogP contribution in [0.2, 0.25) is 5.02 Å². The summed E-state index contributed by atoms with van der Waals surface area (Å²) in [6, 6.07) is 8.44. The molecule has 4 aromatic rings. The van der Waals surface area contributed by atoms with Gasteiger partial charge in [-0.15, -0.1) is 4.80 Å². The molecule has 2 amide bonds. The third kappa shape index (κ3) is 3.86. The van der Waals surface area contributed by atoms with Crippen molar-refractivity contribution in [3.63, 3.8) is 0 Å². The van der Waals surface area contributed by atoms with Crippen LogP contribution >= 0.6 is 11.6 Å². The lowest BCUT2D eigenvalue weighted by atomic mass is 10.0. The largest absolute Gasteiger partial charge is 0.324 e. The van der Waals surface area contributed by atoms with E-state index in [1.54, 1.807) is 12.3 Å². The van der Waals surface area contributed by atoms with E-state index in [1.807, 2.05) is 31.2 Å². The number of halogens is 1. The Morgan fingerprint density at radius 2 is 1.90 bits per heavy atom. The number of benzene rings is 1. The summed E-state index contributed by atoms with van der Waals surface area (Å²) in [6.45, 7) is 1.86. The topological polar surface area (TPSA) is 124 Å². The molecule has 4 rings (SSSR count). The fourth-order valence-electron chi connectivity index (χ4n) is 3.01. The molecule has 0 aliphatic rings. The highest BCUT2D eigenvalue weighted by molar-refractivity contribution is 6.32. The Labute approximate surface area is 170 Å². The van der Waals surface area contributed by atoms with E-state index in [1.165, 1.54) is 23.4 Å². The van der Waals surface area contributed by atoms with E-state index in [2.05, 4.69) is 30.8 Å². The lowest BCUT2D eigenvalue weighted by Gasteiger charge is -2.16. The number of pyridine rings is 2. The first-order chi connectivity index (χ1) is 14.0. The SMILES string of the molecule is CC(N)c1c(NC(=O)Nc2cnc(-n3nccn3)c(Cl)c2)cnc2ccccc12. The fraction of sp³-hybridized carbons (Fsp3) is 0.105. The highest BCUT2D eigenvalue weighted by Gasteiger charge is 2.15. The molecule has 0 radical (unpaired) electrons. The normalized spacial score (nSPS) is 12.0. The van der Waals surface area contributed by atoms with Gasteiger partial charge < -0.3 is 16.4 Å². The second kappa shape index (κ2) is 7.82. The number of amides is 2. The lowest BCUT2D eigenvalue weighted by Crippen LogP contribution is -2.22. The quantitative estimate of drug-likeness (QED) is 0.474. The van der Waals surface area contributed by atoms with Crippen LogP contribution in [-0.2, 0) is 0 Å². The van der Waals surface area contributed by atoms with Crippen LogP contribution < -0.4 is 16.4 Å². The summed E-state index contributed by atoms with van der Waals surface area (Å²) in [4.78, 5) is 22.4. The standard InChI is InChI=1S/C19H17ClN8O/c1-11(21)17-13-4-2-3-5-15(13)22-10-16(17)27-19(29)26-12-8-14(20)18(23-9-12)28-24-6-7-25-28/h2-11H,21H2,1H3,(H2,26,27,29). The van der Waals surface area contributed by atoms with E-state index in [4.69, 9.17) is 17.3 Å². The van der Waals surface area contributed by atoms with Gasteiger partial charge >= 0.3 is 6.03 Å². The van der Waals surface area contributed by atoms with E-state index < -0.39 is 6.03 Å². The zero-order valence-electron chi connectivity index (χ0n) is 15.4. The molecule has 0 saturated carbocycles. The van der Waals surface area contributed by atoms with Crippen molar-refractivity contribution in [2.24, 2.45) is 5.73 Å². The average Bonchev–Trinajstić information content (AvgIpc) is 3.22. The Morgan fingerprint density at radius 1 is 1.14 bits per heavy atom. The van der Waals surface area contributed by atoms with Crippen LogP contribution in [0.5, 0.6) is 0 Å². The van der Waals surface area contributed by atoms with Crippen molar-refractivity contribution in [1.29, 1.82) is 0 Å². The Hall–Kier alpha value is -3.56. The molecular formula is C19H17ClN8O. The van der Waals surface area contributed by atoms with E-state index in [0.717, 1.165) is 16.5 Å². The van der Waals surface area contributed by atoms with Crippen molar-refractivity contribution >= 4 is 39.9 Å². The molecule has 10 heteroatoms. The first-order valence-corrected chi connectivity index (χ1v) is 9.14. The van der Waals surface area contributed by atoms with Gasteiger partial charge in [0.25, 0.3) is 0 Å². The highest BCUT2D eigenvalue weighted by Crippen LogP contribution is 2.29. The highest BCUT2D eigenvalue weighted by atomic mass is 35.5. The first-order valence-electron chi connectivity index (χ1n) is 8.76. The molecule has 29 heavy (non-hydrogen) atoms. The number of rotatable bonds is 4. The van der Waals surface area contributed by atoms with Crippen LogP contribution in [0.4, 0.5) is 16.2 Å². The molecule has 4 N–H and O–H groups in total. The number of nitrogens with zero attached hydrogens (tertiary/aromatic N) is 5. The number of nitrogens with one attached hydrogen (secondary N) is 2. The van der Waals surface area contributed by atoms with Crippen LogP contribution in [0.15, 0.2) is 55.1 Å². The minimum absolute atomic E-state index is 0.294. The zero-order valence-corrected chi connectivity index (χ0v) is 16.1. The minimum atomic E-state index is -0.466. The number of carbonyl (C=O) groups excluding carboxylic acids is 1. The monoisotopic (exact) mass is 408 g/mol. The molecule has 0 bridgehead atoms. The summed E-state index contributed by atoms with van der Waals surface area (Å²) < 4.78 is 0. The number of hydrogen-bond donors (Lipinski definition) is 3. The van der Waals surface area contributed by atoms with Gasteiger partial charge in [-0.05, 0) is 19.1 Å². The van der Waals surface area contributed by atoms with Crippen LogP contribution in [0.3, 0.4) is 0 Å².